The fourth-order valence-electron chi connectivity index (χ4n) is 5.79. The summed E-state index contributed by atoms with van der Waals surface area (Å²) in [5.41, 5.74) is 3.04. The molecule has 6 atom stereocenters. The van der Waals surface area contributed by atoms with Crippen molar-refractivity contribution in [2.45, 2.75) is 17.6 Å². The van der Waals surface area contributed by atoms with E-state index in [2.05, 4.69) is 48.6 Å². The van der Waals surface area contributed by atoms with E-state index in [0.717, 1.165) is 0 Å². The monoisotopic (exact) mass is 280 g/mol. The van der Waals surface area contributed by atoms with E-state index in [1.165, 1.54) is 11.1 Å². The Bertz CT molecular complexity index is 604. The summed E-state index contributed by atoms with van der Waals surface area (Å²) in [6, 6.07) is 8.96. The van der Waals surface area contributed by atoms with Crippen LogP contribution in [0.5, 0.6) is 0 Å². The van der Waals surface area contributed by atoms with Crippen molar-refractivity contribution in [1.29, 1.82) is 0 Å². The van der Waals surface area contributed by atoms with Gasteiger partial charge < -0.3 is 9.47 Å². The van der Waals surface area contributed by atoms with Crippen LogP contribution in [0.4, 0.5) is 0 Å². The van der Waals surface area contributed by atoms with Gasteiger partial charge in [0.2, 0.25) is 0 Å². The maximum atomic E-state index is 5.94. The molecule has 1 aromatic rings. The van der Waals surface area contributed by atoms with E-state index in [4.69, 9.17) is 9.47 Å². The summed E-state index contributed by atoms with van der Waals surface area (Å²) in [5.74, 6) is 2.55. The topological polar surface area (TPSA) is 18.5 Å². The Kier molecular flexibility index (Phi) is 2.25. The highest BCUT2D eigenvalue weighted by atomic mass is 16.7. The number of rotatable bonds is 2. The Hall–Kier alpha value is -1.38. The van der Waals surface area contributed by atoms with E-state index < -0.39 is 5.79 Å². The smallest absolute Gasteiger partial charge is 0.180 e. The van der Waals surface area contributed by atoms with Gasteiger partial charge in [-0.1, -0.05) is 48.6 Å². The van der Waals surface area contributed by atoms with E-state index in [0.29, 0.717) is 35.5 Å². The molecule has 108 valence electrons. The molecule has 21 heavy (non-hydrogen) atoms. The molecule has 5 aliphatic rings. The summed E-state index contributed by atoms with van der Waals surface area (Å²) < 4.78 is 11.9. The molecular formula is C19H20O2. The van der Waals surface area contributed by atoms with Gasteiger partial charge in [-0.25, -0.2) is 0 Å². The largest absolute Gasteiger partial charge is 0.352 e. The molecule has 1 aromatic carbocycles. The zero-order valence-corrected chi connectivity index (χ0v) is 12.4. The van der Waals surface area contributed by atoms with Gasteiger partial charge in [-0.05, 0) is 23.0 Å². The van der Waals surface area contributed by atoms with Gasteiger partial charge in [-0.15, -0.1) is 0 Å². The third kappa shape index (κ3) is 1.19. The Morgan fingerprint density at radius 2 is 1.24 bits per heavy atom. The zero-order chi connectivity index (χ0) is 14.2. The van der Waals surface area contributed by atoms with Crippen molar-refractivity contribution in [3.8, 4) is 0 Å². The molecule has 6 unspecified atom stereocenters. The molecule has 0 spiro atoms. The predicted octanol–water partition coefficient (Wildman–Crippen LogP) is 3.47. The molecule has 0 aromatic heterocycles. The first-order chi connectivity index (χ1) is 10.3. The first-order valence-corrected chi connectivity index (χ1v) is 7.87. The van der Waals surface area contributed by atoms with Gasteiger partial charge >= 0.3 is 0 Å². The second kappa shape index (κ2) is 3.88. The average Bonchev–Trinajstić information content (AvgIpc) is 3.07. The number of hydrogen-bond acceptors (Lipinski definition) is 2. The highest BCUT2D eigenvalue weighted by molar-refractivity contribution is 5.49. The normalized spacial score (nSPS) is 43.1. The quantitative estimate of drug-likeness (QED) is 0.610. The van der Waals surface area contributed by atoms with Gasteiger partial charge in [-0.3, -0.25) is 0 Å². The van der Waals surface area contributed by atoms with Crippen molar-refractivity contribution >= 4 is 0 Å². The van der Waals surface area contributed by atoms with Crippen LogP contribution in [-0.2, 0) is 9.47 Å². The van der Waals surface area contributed by atoms with Crippen LogP contribution in [-0.4, -0.2) is 20.0 Å². The van der Waals surface area contributed by atoms with Crippen molar-refractivity contribution in [1.82, 2.24) is 0 Å². The zero-order valence-electron chi connectivity index (χ0n) is 12.4. The molecule has 5 aliphatic carbocycles. The van der Waals surface area contributed by atoms with E-state index in [1.807, 2.05) is 0 Å². The molecule has 0 heterocycles. The SMILES string of the molecule is COC1(OC)C2C=CC1C1C3C=CC(c4ccccc43)C12. The Morgan fingerprint density at radius 1 is 0.762 bits per heavy atom. The van der Waals surface area contributed by atoms with Crippen molar-refractivity contribution in [2.24, 2.45) is 23.7 Å². The van der Waals surface area contributed by atoms with E-state index >= 15 is 0 Å². The Balaban J connectivity index is 1.70. The number of allylic oxidation sites excluding steroid dienone is 2. The molecule has 1 fully saturated rings. The second-order valence-corrected chi connectivity index (χ2v) is 6.79. The lowest BCUT2D eigenvalue weighted by Crippen LogP contribution is -2.41. The predicted molar refractivity (Wildman–Crippen MR) is 80.9 cm³/mol. The minimum atomic E-state index is -0.445. The first-order valence-electron chi connectivity index (χ1n) is 7.87. The minimum Gasteiger partial charge on any atom is -0.352 e. The highest BCUT2D eigenvalue weighted by Crippen LogP contribution is 2.68. The van der Waals surface area contributed by atoms with Crippen LogP contribution in [0.15, 0.2) is 48.6 Å². The fourth-order valence-corrected chi connectivity index (χ4v) is 5.79. The summed E-state index contributed by atoms with van der Waals surface area (Å²) >= 11 is 0. The molecule has 0 N–H and O–H groups in total. The summed E-state index contributed by atoms with van der Waals surface area (Å²) in [7, 11) is 3.60. The number of fused-ring (bicyclic) bond motifs is 2. The van der Waals surface area contributed by atoms with Crippen LogP contribution in [0.3, 0.4) is 0 Å². The van der Waals surface area contributed by atoms with Crippen LogP contribution in [0, 0.1) is 23.7 Å². The van der Waals surface area contributed by atoms with Crippen LogP contribution in [0.2, 0.25) is 0 Å². The summed E-state index contributed by atoms with van der Waals surface area (Å²) in [5, 5.41) is 0. The van der Waals surface area contributed by atoms with Crippen molar-refractivity contribution < 1.29 is 9.47 Å². The third-order valence-corrected chi connectivity index (χ3v) is 6.44. The molecule has 2 nitrogen and oxygen atoms in total. The maximum Gasteiger partial charge on any atom is 0.180 e. The van der Waals surface area contributed by atoms with Crippen molar-refractivity contribution in [3.05, 3.63) is 59.7 Å². The average molecular weight is 280 g/mol. The number of hydrogen-bond donors (Lipinski definition) is 0. The fraction of sp³-hybridized carbons (Fsp3) is 0.474. The molecule has 2 heteroatoms. The molecule has 1 saturated carbocycles. The van der Waals surface area contributed by atoms with E-state index in [9.17, 15) is 0 Å². The van der Waals surface area contributed by atoms with E-state index in [1.54, 1.807) is 14.2 Å². The highest BCUT2D eigenvalue weighted by Gasteiger charge is 2.67. The van der Waals surface area contributed by atoms with Gasteiger partial charge in [0, 0.05) is 37.9 Å². The first kappa shape index (κ1) is 12.2. The lowest BCUT2D eigenvalue weighted by molar-refractivity contribution is -0.234. The number of ether oxygens (including phenoxy) is 2. The van der Waals surface area contributed by atoms with Gasteiger partial charge in [-0.2, -0.15) is 0 Å². The lowest BCUT2D eigenvalue weighted by Gasteiger charge is -2.46. The summed E-state index contributed by atoms with van der Waals surface area (Å²) in [6.45, 7) is 0. The van der Waals surface area contributed by atoms with Crippen LogP contribution < -0.4 is 0 Å². The van der Waals surface area contributed by atoms with E-state index in [-0.39, 0.29) is 0 Å². The summed E-state index contributed by atoms with van der Waals surface area (Å²) in [6.07, 6.45) is 9.55. The number of benzene rings is 1. The van der Waals surface area contributed by atoms with Gasteiger partial charge in [0.25, 0.3) is 0 Å². The van der Waals surface area contributed by atoms with Gasteiger partial charge in [0.15, 0.2) is 5.79 Å². The summed E-state index contributed by atoms with van der Waals surface area (Å²) in [4.78, 5) is 0. The third-order valence-electron chi connectivity index (χ3n) is 6.44. The number of methoxy groups -OCH3 is 2. The molecule has 4 bridgehead atoms. The Morgan fingerprint density at radius 3 is 1.67 bits per heavy atom. The van der Waals surface area contributed by atoms with Gasteiger partial charge in [0.1, 0.15) is 0 Å². The molecule has 0 radical (unpaired) electrons. The van der Waals surface area contributed by atoms with Crippen LogP contribution >= 0.6 is 0 Å². The Labute approximate surface area is 125 Å². The molecule has 0 amide bonds. The van der Waals surface area contributed by atoms with Crippen LogP contribution in [0.1, 0.15) is 23.0 Å². The van der Waals surface area contributed by atoms with Gasteiger partial charge in [0.05, 0.1) is 0 Å². The lowest BCUT2D eigenvalue weighted by atomic mass is 9.57. The molecule has 0 saturated heterocycles. The van der Waals surface area contributed by atoms with Crippen molar-refractivity contribution in [2.75, 3.05) is 14.2 Å². The maximum absolute atomic E-state index is 5.94. The molecular weight excluding hydrogens is 260 g/mol. The standard InChI is InChI=1S/C19H20O2/c1-20-19(21-2)15-9-10-16(19)18-14-8-7-13(17(15)18)11-5-3-4-6-12(11)14/h3-10,13-18H,1-2H3. The minimum absolute atomic E-state index is 0.369. The molecule has 0 aliphatic heterocycles. The van der Waals surface area contributed by atoms with Crippen molar-refractivity contribution in [3.63, 3.8) is 0 Å². The molecule has 6 rings (SSSR count). The second-order valence-electron chi connectivity index (χ2n) is 6.79. The van der Waals surface area contributed by atoms with Crippen LogP contribution in [0.25, 0.3) is 0 Å².